The summed E-state index contributed by atoms with van der Waals surface area (Å²) in [6.07, 6.45) is 12.7. The van der Waals surface area contributed by atoms with Gasteiger partial charge in [-0.3, -0.25) is 0 Å². The molecule has 0 spiro atoms. The maximum atomic E-state index is 5.92. The Morgan fingerprint density at radius 1 is 0.938 bits per heavy atom. The zero-order valence-electron chi connectivity index (χ0n) is 11.4. The van der Waals surface area contributed by atoms with Crippen LogP contribution in [0.25, 0.3) is 0 Å². The first-order chi connectivity index (χ1) is 7.81. The first-order valence-electron chi connectivity index (χ1n) is 7.51. The quantitative estimate of drug-likeness (QED) is 0.640. The van der Waals surface area contributed by atoms with Gasteiger partial charge in [-0.2, -0.15) is 0 Å². The van der Waals surface area contributed by atoms with Crippen molar-refractivity contribution in [1.82, 2.24) is 0 Å². The maximum Gasteiger partial charge on any atom is -0.00462 e. The van der Waals surface area contributed by atoms with Crippen LogP contribution in [0.3, 0.4) is 0 Å². The topological polar surface area (TPSA) is 26.0 Å². The predicted octanol–water partition coefficient (Wildman–Crippen LogP) is 4.36. The fourth-order valence-corrected chi connectivity index (χ4v) is 3.41. The van der Waals surface area contributed by atoms with Crippen LogP contribution in [-0.4, -0.2) is 6.54 Å². The molecule has 16 heavy (non-hydrogen) atoms. The fourth-order valence-electron chi connectivity index (χ4n) is 3.41. The lowest BCUT2D eigenvalue weighted by Gasteiger charge is -2.36. The number of unbranched alkanes of at least 4 members (excludes halogenated alkanes) is 2. The standard InChI is InChI=1S/C15H31N/c1-3-5-6-8-14-11-13(7-4-2)9-10-15(14)12-16/h13-15H,3-12,16H2,1-2H3. The third-order valence-corrected chi connectivity index (χ3v) is 4.43. The molecule has 1 fully saturated rings. The molecule has 2 N–H and O–H groups in total. The summed E-state index contributed by atoms with van der Waals surface area (Å²) >= 11 is 0. The molecule has 1 heteroatoms. The highest BCUT2D eigenvalue weighted by atomic mass is 14.6. The molecule has 1 saturated carbocycles. The Bertz CT molecular complexity index is 167. The van der Waals surface area contributed by atoms with Gasteiger partial charge >= 0.3 is 0 Å². The summed E-state index contributed by atoms with van der Waals surface area (Å²) in [7, 11) is 0. The average Bonchev–Trinajstić information content (AvgIpc) is 2.30. The Morgan fingerprint density at radius 2 is 1.75 bits per heavy atom. The van der Waals surface area contributed by atoms with Gasteiger partial charge in [-0.05, 0) is 37.1 Å². The highest BCUT2D eigenvalue weighted by Crippen LogP contribution is 2.38. The number of rotatable bonds is 7. The van der Waals surface area contributed by atoms with Gasteiger partial charge in [0, 0.05) is 0 Å². The third-order valence-electron chi connectivity index (χ3n) is 4.43. The lowest BCUT2D eigenvalue weighted by molar-refractivity contribution is 0.164. The van der Waals surface area contributed by atoms with Crippen molar-refractivity contribution in [3.63, 3.8) is 0 Å². The Morgan fingerprint density at radius 3 is 2.38 bits per heavy atom. The van der Waals surface area contributed by atoms with Gasteiger partial charge in [0.1, 0.15) is 0 Å². The highest BCUT2D eigenvalue weighted by Gasteiger charge is 2.28. The SMILES string of the molecule is CCCCCC1CC(CCC)CCC1CN. The van der Waals surface area contributed by atoms with Gasteiger partial charge in [0.15, 0.2) is 0 Å². The molecule has 1 aliphatic rings. The molecule has 0 aliphatic heterocycles. The summed E-state index contributed by atoms with van der Waals surface area (Å²) in [5.41, 5.74) is 5.92. The van der Waals surface area contributed by atoms with E-state index in [4.69, 9.17) is 5.73 Å². The van der Waals surface area contributed by atoms with Crippen LogP contribution in [0.2, 0.25) is 0 Å². The molecule has 1 rings (SSSR count). The van der Waals surface area contributed by atoms with Crippen LogP contribution in [0.1, 0.15) is 71.6 Å². The van der Waals surface area contributed by atoms with Crippen molar-refractivity contribution in [1.29, 1.82) is 0 Å². The molecule has 3 atom stereocenters. The largest absolute Gasteiger partial charge is 0.330 e. The van der Waals surface area contributed by atoms with Crippen molar-refractivity contribution < 1.29 is 0 Å². The minimum Gasteiger partial charge on any atom is -0.330 e. The maximum absolute atomic E-state index is 5.92. The summed E-state index contributed by atoms with van der Waals surface area (Å²) in [5.74, 6) is 2.80. The van der Waals surface area contributed by atoms with Crippen molar-refractivity contribution >= 4 is 0 Å². The zero-order chi connectivity index (χ0) is 11.8. The third kappa shape index (κ3) is 4.45. The van der Waals surface area contributed by atoms with Crippen LogP contribution >= 0.6 is 0 Å². The fraction of sp³-hybridized carbons (Fsp3) is 1.00. The molecule has 3 unspecified atom stereocenters. The zero-order valence-corrected chi connectivity index (χ0v) is 11.4. The van der Waals surface area contributed by atoms with E-state index in [-0.39, 0.29) is 0 Å². The molecular formula is C15H31N. The van der Waals surface area contributed by atoms with Crippen LogP contribution in [-0.2, 0) is 0 Å². The van der Waals surface area contributed by atoms with E-state index in [0.29, 0.717) is 0 Å². The van der Waals surface area contributed by atoms with E-state index < -0.39 is 0 Å². The first-order valence-corrected chi connectivity index (χ1v) is 7.51. The van der Waals surface area contributed by atoms with E-state index in [2.05, 4.69) is 13.8 Å². The Balaban J connectivity index is 2.34. The van der Waals surface area contributed by atoms with Crippen molar-refractivity contribution in [3.8, 4) is 0 Å². The molecule has 0 bridgehead atoms. The van der Waals surface area contributed by atoms with Crippen LogP contribution in [0, 0.1) is 17.8 Å². The normalized spacial score (nSPS) is 30.6. The summed E-state index contributed by atoms with van der Waals surface area (Å²) in [6, 6.07) is 0. The molecular weight excluding hydrogens is 194 g/mol. The monoisotopic (exact) mass is 225 g/mol. The van der Waals surface area contributed by atoms with Crippen LogP contribution < -0.4 is 5.73 Å². The van der Waals surface area contributed by atoms with Gasteiger partial charge in [-0.15, -0.1) is 0 Å². The second kappa shape index (κ2) is 8.11. The van der Waals surface area contributed by atoms with E-state index >= 15 is 0 Å². The lowest BCUT2D eigenvalue weighted by atomic mass is 9.71. The summed E-state index contributed by atoms with van der Waals surface area (Å²) in [6.45, 7) is 5.54. The molecule has 0 aromatic heterocycles. The summed E-state index contributed by atoms with van der Waals surface area (Å²) in [5, 5.41) is 0. The molecule has 1 nitrogen and oxygen atoms in total. The van der Waals surface area contributed by atoms with Gasteiger partial charge < -0.3 is 5.73 Å². The van der Waals surface area contributed by atoms with Crippen LogP contribution in [0.15, 0.2) is 0 Å². The molecule has 0 heterocycles. The van der Waals surface area contributed by atoms with E-state index in [1.165, 1.54) is 57.8 Å². The summed E-state index contributed by atoms with van der Waals surface area (Å²) in [4.78, 5) is 0. The predicted molar refractivity (Wildman–Crippen MR) is 72.4 cm³/mol. The second-order valence-corrected chi connectivity index (χ2v) is 5.72. The van der Waals surface area contributed by atoms with Gasteiger partial charge in [-0.1, -0.05) is 58.8 Å². The molecule has 0 aromatic carbocycles. The minimum atomic E-state index is 0.838. The van der Waals surface area contributed by atoms with Crippen LogP contribution in [0.4, 0.5) is 0 Å². The molecule has 0 saturated heterocycles. The Kier molecular flexibility index (Phi) is 7.11. The molecule has 0 radical (unpaired) electrons. The van der Waals surface area contributed by atoms with Gasteiger partial charge in [0.25, 0.3) is 0 Å². The van der Waals surface area contributed by atoms with Gasteiger partial charge in [-0.25, -0.2) is 0 Å². The Hall–Kier alpha value is -0.0400. The van der Waals surface area contributed by atoms with Gasteiger partial charge in [0.2, 0.25) is 0 Å². The van der Waals surface area contributed by atoms with Crippen molar-refractivity contribution in [2.24, 2.45) is 23.5 Å². The highest BCUT2D eigenvalue weighted by molar-refractivity contribution is 4.80. The average molecular weight is 225 g/mol. The van der Waals surface area contributed by atoms with Gasteiger partial charge in [0.05, 0.1) is 0 Å². The van der Waals surface area contributed by atoms with E-state index in [9.17, 15) is 0 Å². The Labute approximate surface area is 102 Å². The number of hydrogen-bond donors (Lipinski definition) is 1. The summed E-state index contributed by atoms with van der Waals surface area (Å²) < 4.78 is 0. The van der Waals surface area contributed by atoms with Crippen molar-refractivity contribution in [2.45, 2.75) is 71.6 Å². The van der Waals surface area contributed by atoms with E-state index in [0.717, 1.165) is 24.3 Å². The van der Waals surface area contributed by atoms with Crippen LogP contribution in [0.5, 0.6) is 0 Å². The smallest absolute Gasteiger partial charge is 0.00462 e. The van der Waals surface area contributed by atoms with E-state index in [1.807, 2.05) is 0 Å². The number of hydrogen-bond acceptors (Lipinski definition) is 1. The second-order valence-electron chi connectivity index (χ2n) is 5.72. The lowest BCUT2D eigenvalue weighted by Crippen LogP contribution is -2.30. The molecule has 1 aliphatic carbocycles. The van der Waals surface area contributed by atoms with Crippen molar-refractivity contribution in [2.75, 3.05) is 6.54 Å². The first kappa shape index (κ1) is 14.0. The molecule has 0 amide bonds. The molecule has 0 aromatic rings. The number of nitrogens with two attached hydrogens (primary N) is 1. The van der Waals surface area contributed by atoms with E-state index in [1.54, 1.807) is 0 Å². The molecule has 96 valence electrons. The minimum absolute atomic E-state index is 0.838. The van der Waals surface area contributed by atoms with Crippen molar-refractivity contribution in [3.05, 3.63) is 0 Å².